The maximum absolute atomic E-state index is 6.15. The minimum absolute atomic E-state index is 0.125. The van der Waals surface area contributed by atoms with Crippen LogP contribution in [0.1, 0.15) is 24.4 Å². The molecule has 98 valence electrons. The van der Waals surface area contributed by atoms with E-state index in [0.717, 1.165) is 22.4 Å². The van der Waals surface area contributed by atoms with E-state index >= 15 is 0 Å². The Balaban J connectivity index is 1.80. The van der Waals surface area contributed by atoms with Crippen LogP contribution in [0.3, 0.4) is 0 Å². The second-order valence-electron chi connectivity index (χ2n) is 4.43. The van der Waals surface area contributed by atoms with Crippen LogP contribution in [0, 0.1) is 0 Å². The lowest BCUT2D eigenvalue weighted by atomic mass is 10.1. The zero-order chi connectivity index (χ0) is 13.2. The summed E-state index contributed by atoms with van der Waals surface area (Å²) in [7, 11) is 0. The fourth-order valence-electron chi connectivity index (χ4n) is 2.10. The Morgan fingerprint density at radius 3 is 3.05 bits per heavy atom. The summed E-state index contributed by atoms with van der Waals surface area (Å²) in [4.78, 5) is 7.32. The predicted octanol–water partition coefficient (Wildman–Crippen LogP) is 3.66. The summed E-state index contributed by atoms with van der Waals surface area (Å²) in [6.07, 6.45) is 3.56. The molecule has 0 spiro atoms. The van der Waals surface area contributed by atoms with E-state index in [2.05, 4.69) is 22.2 Å². The fraction of sp³-hybridized carbons (Fsp3) is 0.214. The Kier molecular flexibility index (Phi) is 3.27. The minimum Gasteiger partial charge on any atom is -0.444 e. The lowest BCUT2D eigenvalue weighted by molar-refractivity contribution is 0.544. The van der Waals surface area contributed by atoms with E-state index in [1.54, 1.807) is 6.20 Å². The molecule has 2 N–H and O–H groups in total. The zero-order valence-corrected chi connectivity index (χ0v) is 11.2. The van der Waals surface area contributed by atoms with Gasteiger partial charge in [0.1, 0.15) is 11.4 Å². The van der Waals surface area contributed by atoms with Gasteiger partial charge in [-0.15, -0.1) is 0 Å². The van der Waals surface area contributed by atoms with Gasteiger partial charge in [-0.25, -0.2) is 4.98 Å². The molecule has 19 heavy (non-hydrogen) atoms. The molecule has 5 heteroatoms. The van der Waals surface area contributed by atoms with Gasteiger partial charge in [-0.2, -0.15) is 0 Å². The van der Waals surface area contributed by atoms with Crippen LogP contribution in [0.25, 0.3) is 11.0 Å². The van der Waals surface area contributed by atoms with Gasteiger partial charge in [0.25, 0.3) is 0 Å². The third kappa shape index (κ3) is 2.37. The largest absolute Gasteiger partial charge is 0.444 e. The number of hydrogen-bond donors (Lipinski definition) is 2. The Bertz CT molecular complexity index is 675. The Morgan fingerprint density at radius 1 is 1.42 bits per heavy atom. The van der Waals surface area contributed by atoms with Crippen molar-refractivity contribution < 1.29 is 4.42 Å². The van der Waals surface area contributed by atoms with Gasteiger partial charge < -0.3 is 14.7 Å². The van der Waals surface area contributed by atoms with Crippen LogP contribution in [0.4, 0.5) is 0 Å². The van der Waals surface area contributed by atoms with Crippen LogP contribution >= 0.6 is 11.6 Å². The van der Waals surface area contributed by atoms with Crippen LogP contribution in [0.5, 0.6) is 0 Å². The summed E-state index contributed by atoms with van der Waals surface area (Å²) >= 11 is 6.15. The highest BCUT2D eigenvalue weighted by atomic mass is 35.5. The molecule has 2 heterocycles. The SMILES string of the molecule is CC(NCc1c(Cl)oc2ccccc12)c1ncc[nH]1. The Morgan fingerprint density at radius 2 is 2.26 bits per heavy atom. The predicted molar refractivity (Wildman–Crippen MR) is 75.1 cm³/mol. The number of imidazole rings is 1. The van der Waals surface area contributed by atoms with E-state index in [-0.39, 0.29) is 6.04 Å². The zero-order valence-electron chi connectivity index (χ0n) is 10.5. The minimum atomic E-state index is 0.125. The number of nitrogens with zero attached hydrogens (tertiary/aromatic N) is 1. The number of rotatable bonds is 4. The fourth-order valence-corrected chi connectivity index (χ4v) is 2.35. The molecule has 0 saturated heterocycles. The van der Waals surface area contributed by atoms with Crippen molar-refractivity contribution >= 4 is 22.6 Å². The van der Waals surface area contributed by atoms with Gasteiger partial charge >= 0.3 is 0 Å². The molecular formula is C14H14ClN3O. The molecule has 2 aromatic heterocycles. The summed E-state index contributed by atoms with van der Waals surface area (Å²) in [5.74, 6) is 0.906. The summed E-state index contributed by atoms with van der Waals surface area (Å²) in [5.41, 5.74) is 1.80. The van der Waals surface area contributed by atoms with E-state index in [1.807, 2.05) is 30.5 Å². The monoisotopic (exact) mass is 275 g/mol. The van der Waals surface area contributed by atoms with Crippen molar-refractivity contribution in [3.05, 3.63) is 53.3 Å². The van der Waals surface area contributed by atoms with Gasteiger partial charge in [-0.05, 0) is 24.6 Å². The first-order valence-corrected chi connectivity index (χ1v) is 6.52. The third-order valence-electron chi connectivity index (χ3n) is 3.16. The summed E-state index contributed by atoms with van der Waals surface area (Å²) in [5, 5.41) is 4.87. The second-order valence-corrected chi connectivity index (χ2v) is 4.77. The van der Waals surface area contributed by atoms with E-state index in [9.17, 15) is 0 Å². The summed E-state index contributed by atoms with van der Waals surface area (Å²) in [6, 6.07) is 7.97. The molecule has 4 nitrogen and oxygen atoms in total. The van der Waals surface area contributed by atoms with E-state index in [1.165, 1.54) is 0 Å². The highest BCUT2D eigenvalue weighted by Crippen LogP contribution is 2.29. The second kappa shape index (κ2) is 5.07. The first-order chi connectivity index (χ1) is 9.25. The number of para-hydroxylation sites is 1. The molecule has 3 rings (SSSR count). The van der Waals surface area contributed by atoms with Gasteiger partial charge in [0, 0.05) is 29.9 Å². The number of hydrogen-bond acceptors (Lipinski definition) is 3. The quantitative estimate of drug-likeness (QED) is 0.764. The van der Waals surface area contributed by atoms with Crippen LogP contribution in [0.2, 0.25) is 5.22 Å². The van der Waals surface area contributed by atoms with E-state index in [0.29, 0.717) is 11.8 Å². The number of benzene rings is 1. The van der Waals surface area contributed by atoms with Gasteiger partial charge in [0.2, 0.25) is 0 Å². The van der Waals surface area contributed by atoms with Gasteiger partial charge in [-0.3, -0.25) is 0 Å². The first-order valence-electron chi connectivity index (χ1n) is 6.14. The molecule has 1 atom stereocenters. The van der Waals surface area contributed by atoms with Crippen LogP contribution in [-0.2, 0) is 6.54 Å². The van der Waals surface area contributed by atoms with Crippen LogP contribution in [0.15, 0.2) is 41.1 Å². The molecule has 3 aromatic rings. The molecular weight excluding hydrogens is 262 g/mol. The molecule has 0 aliphatic carbocycles. The van der Waals surface area contributed by atoms with Gasteiger partial charge in [-0.1, -0.05) is 18.2 Å². The van der Waals surface area contributed by atoms with Crippen LogP contribution < -0.4 is 5.32 Å². The normalized spacial score (nSPS) is 12.9. The van der Waals surface area contributed by atoms with Crippen molar-refractivity contribution in [2.24, 2.45) is 0 Å². The number of aromatic nitrogens is 2. The van der Waals surface area contributed by atoms with Gasteiger partial charge in [0.15, 0.2) is 5.22 Å². The lowest BCUT2D eigenvalue weighted by Gasteiger charge is -2.10. The van der Waals surface area contributed by atoms with Crippen molar-refractivity contribution in [1.82, 2.24) is 15.3 Å². The molecule has 1 aromatic carbocycles. The summed E-state index contributed by atoms with van der Waals surface area (Å²) < 4.78 is 5.52. The molecule has 0 bridgehead atoms. The molecule has 0 radical (unpaired) electrons. The first kappa shape index (κ1) is 12.3. The number of aromatic amines is 1. The Labute approximate surface area is 115 Å². The number of furan rings is 1. The average molecular weight is 276 g/mol. The van der Waals surface area contributed by atoms with Crippen molar-refractivity contribution in [3.63, 3.8) is 0 Å². The number of H-pyrrole nitrogens is 1. The highest BCUT2D eigenvalue weighted by molar-refractivity contribution is 6.30. The van der Waals surface area contributed by atoms with Crippen molar-refractivity contribution in [1.29, 1.82) is 0 Å². The number of nitrogens with one attached hydrogen (secondary N) is 2. The average Bonchev–Trinajstić information content (AvgIpc) is 3.03. The highest BCUT2D eigenvalue weighted by Gasteiger charge is 2.14. The summed E-state index contributed by atoms with van der Waals surface area (Å²) in [6.45, 7) is 2.69. The smallest absolute Gasteiger partial charge is 0.199 e. The lowest BCUT2D eigenvalue weighted by Crippen LogP contribution is -2.19. The van der Waals surface area contributed by atoms with E-state index < -0.39 is 0 Å². The topological polar surface area (TPSA) is 53.9 Å². The van der Waals surface area contributed by atoms with Crippen LogP contribution in [-0.4, -0.2) is 9.97 Å². The Hall–Kier alpha value is -1.78. The van der Waals surface area contributed by atoms with Gasteiger partial charge in [0.05, 0.1) is 6.04 Å². The standard InChI is InChI=1S/C14H14ClN3O/c1-9(14-16-6-7-17-14)18-8-11-10-4-2-3-5-12(10)19-13(11)15/h2-7,9,18H,8H2,1H3,(H,16,17). The van der Waals surface area contributed by atoms with Crippen molar-refractivity contribution in [2.45, 2.75) is 19.5 Å². The molecule has 0 amide bonds. The third-order valence-corrected chi connectivity index (χ3v) is 3.47. The van der Waals surface area contributed by atoms with Crippen molar-refractivity contribution in [2.75, 3.05) is 0 Å². The molecule has 0 saturated carbocycles. The maximum atomic E-state index is 6.15. The molecule has 0 aliphatic rings. The number of halogens is 1. The molecule has 1 unspecified atom stereocenters. The maximum Gasteiger partial charge on any atom is 0.199 e. The molecule has 0 fully saturated rings. The van der Waals surface area contributed by atoms with Crippen molar-refractivity contribution in [3.8, 4) is 0 Å². The molecule has 0 aliphatic heterocycles. The van der Waals surface area contributed by atoms with E-state index in [4.69, 9.17) is 16.0 Å². The number of fused-ring (bicyclic) bond motifs is 1.